The molecule has 2 fully saturated rings. The molecule has 2 aromatic rings. The van der Waals surface area contributed by atoms with Crippen LogP contribution in [0.1, 0.15) is 12.0 Å². The topological polar surface area (TPSA) is 58.1 Å². The average Bonchev–Trinajstić information content (AvgIpc) is 3.10. The van der Waals surface area contributed by atoms with Crippen molar-refractivity contribution >= 4 is 29.3 Å². The van der Waals surface area contributed by atoms with Crippen LogP contribution in [-0.4, -0.2) is 35.5 Å². The summed E-state index contributed by atoms with van der Waals surface area (Å²) in [4.78, 5) is 22.3. The van der Waals surface area contributed by atoms with E-state index in [9.17, 15) is 4.79 Å². The third-order valence-corrected chi connectivity index (χ3v) is 5.54. The Morgan fingerprint density at radius 2 is 2.15 bits per heavy atom. The van der Waals surface area contributed by atoms with E-state index < -0.39 is 0 Å². The molecule has 1 saturated carbocycles. The molecule has 1 aliphatic heterocycles. The minimum absolute atomic E-state index is 0.0484. The van der Waals surface area contributed by atoms with Crippen LogP contribution in [-0.2, 0) is 4.79 Å². The number of pyridine rings is 2. The fraction of sp³-hybridized carbons (Fsp3) is 0.350. The lowest BCUT2D eigenvalue weighted by molar-refractivity contribution is -0.116. The van der Waals surface area contributed by atoms with E-state index in [1.54, 1.807) is 30.7 Å². The summed E-state index contributed by atoms with van der Waals surface area (Å²) in [5, 5.41) is 3.52. The van der Waals surface area contributed by atoms with Gasteiger partial charge in [-0.15, -0.1) is 0 Å². The van der Waals surface area contributed by atoms with Gasteiger partial charge < -0.3 is 10.2 Å². The number of anilines is 1. The molecule has 26 heavy (non-hydrogen) atoms. The number of hydrogen-bond acceptors (Lipinski definition) is 4. The third-order valence-electron chi connectivity index (χ3n) is 5.34. The SMILES string of the molecule is O=C(/C=C/c1cccnc1)NCCC1[C@H]2CN(c3ccnc(Cl)c3)C[C@@H]12. The number of hydrogen-bond donors (Lipinski definition) is 1. The maximum absolute atomic E-state index is 11.9. The van der Waals surface area contributed by atoms with Crippen molar-refractivity contribution in [3.8, 4) is 0 Å². The van der Waals surface area contributed by atoms with Crippen LogP contribution in [0.5, 0.6) is 0 Å². The lowest BCUT2D eigenvalue weighted by Gasteiger charge is -2.22. The fourth-order valence-corrected chi connectivity index (χ4v) is 4.11. The second-order valence-electron chi connectivity index (χ2n) is 6.93. The second kappa shape index (κ2) is 7.46. The van der Waals surface area contributed by atoms with E-state index in [2.05, 4.69) is 20.2 Å². The predicted octanol–water partition coefficient (Wildman–Crippen LogP) is 3.03. The van der Waals surface area contributed by atoms with Gasteiger partial charge in [0.25, 0.3) is 0 Å². The highest BCUT2D eigenvalue weighted by Gasteiger charge is 2.54. The predicted molar refractivity (Wildman–Crippen MR) is 103 cm³/mol. The largest absolute Gasteiger partial charge is 0.371 e. The molecule has 2 aliphatic rings. The van der Waals surface area contributed by atoms with E-state index in [-0.39, 0.29) is 5.91 Å². The highest BCUT2D eigenvalue weighted by atomic mass is 35.5. The molecule has 3 atom stereocenters. The van der Waals surface area contributed by atoms with Crippen LogP contribution in [0.15, 0.2) is 48.9 Å². The Hall–Kier alpha value is -2.40. The maximum atomic E-state index is 11.9. The van der Waals surface area contributed by atoms with Crippen molar-refractivity contribution in [3.63, 3.8) is 0 Å². The van der Waals surface area contributed by atoms with Gasteiger partial charge in [0.1, 0.15) is 5.15 Å². The van der Waals surface area contributed by atoms with E-state index in [4.69, 9.17) is 11.6 Å². The van der Waals surface area contributed by atoms with Crippen molar-refractivity contribution < 1.29 is 4.79 Å². The van der Waals surface area contributed by atoms with Crippen molar-refractivity contribution in [2.24, 2.45) is 17.8 Å². The molecule has 1 unspecified atom stereocenters. The standard InChI is InChI=1S/C20H21ClN4O/c21-19-10-15(5-8-23-19)25-12-17-16(18(17)13-25)6-9-24-20(26)4-3-14-2-1-7-22-11-14/h1-5,7-8,10-11,16-18H,6,9,12-13H2,(H,24,26)/b4-3+/t16?,17-,18+. The summed E-state index contributed by atoms with van der Waals surface area (Å²) in [7, 11) is 0. The molecule has 2 aromatic heterocycles. The molecule has 5 nitrogen and oxygen atoms in total. The van der Waals surface area contributed by atoms with E-state index in [1.165, 1.54) is 0 Å². The third kappa shape index (κ3) is 3.88. The highest BCUT2D eigenvalue weighted by molar-refractivity contribution is 6.29. The molecule has 1 amide bonds. The first-order chi connectivity index (χ1) is 12.7. The van der Waals surface area contributed by atoms with Gasteiger partial charge in [-0.2, -0.15) is 0 Å². The molecular weight excluding hydrogens is 348 g/mol. The van der Waals surface area contributed by atoms with Crippen molar-refractivity contribution in [2.75, 3.05) is 24.5 Å². The number of halogens is 1. The van der Waals surface area contributed by atoms with E-state index in [0.29, 0.717) is 5.15 Å². The molecule has 1 aliphatic carbocycles. The Morgan fingerprint density at radius 3 is 2.88 bits per heavy atom. The Morgan fingerprint density at radius 1 is 1.31 bits per heavy atom. The lowest BCUT2D eigenvalue weighted by Crippen LogP contribution is -2.26. The molecule has 1 saturated heterocycles. The molecule has 6 heteroatoms. The summed E-state index contributed by atoms with van der Waals surface area (Å²) < 4.78 is 0. The van der Waals surface area contributed by atoms with Gasteiger partial charge in [-0.3, -0.25) is 9.78 Å². The van der Waals surface area contributed by atoms with Gasteiger partial charge in [-0.1, -0.05) is 17.7 Å². The molecule has 0 bridgehead atoms. The Labute approximate surface area is 158 Å². The molecule has 0 spiro atoms. The first-order valence-corrected chi connectivity index (χ1v) is 9.31. The monoisotopic (exact) mass is 368 g/mol. The first-order valence-electron chi connectivity index (χ1n) is 8.93. The number of fused-ring (bicyclic) bond motifs is 1. The molecule has 4 rings (SSSR count). The van der Waals surface area contributed by atoms with Crippen LogP contribution in [0.3, 0.4) is 0 Å². The minimum Gasteiger partial charge on any atom is -0.371 e. The van der Waals surface area contributed by atoms with Gasteiger partial charge in [0.05, 0.1) is 0 Å². The number of rotatable bonds is 6. The van der Waals surface area contributed by atoms with Crippen LogP contribution in [0.25, 0.3) is 6.08 Å². The minimum atomic E-state index is -0.0484. The smallest absolute Gasteiger partial charge is 0.244 e. The number of amides is 1. The van der Waals surface area contributed by atoms with Gasteiger partial charge >= 0.3 is 0 Å². The normalized spacial score (nSPS) is 23.9. The Bertz CT molecular complexity index is 798. The number of piperidine rings is 1. The number of aromatic nitrogens is 2. The van der Waals surface area contributed by atoms with Crippen LogP contribution in [0, 0.1) is 17.8 Å². The first kappa shape index (κ1) is 17.0. The van der Waals surface area contributed by atoms with Crippen LogP contribution < -0.4 is 10.2 Å². The van der Waals surface area contributed by atoms with Crippen LogP contribution in [0.2, 0.25) is 5.15 Å². The second-order valence-corrected chi connectivity index (χ2v) is 7.32. The molecule has 0 aromatic carbocycles. The Balaban J connectivity index is 1.18. The Kier molecular flexibility index (Phi) is 4.89. The summed E-state index contributed by atoms with van der Waals surface area (Å²) in [6.07, 6.45) is 9.61. The number of nitrogens with zero attached hydrogens (tertiary/aromatic N) is 3. The summed E-state index contributed by atoms with van der Waals surface area (Å²) >= 11 is 5.98. The van der Waals surface area contributed by atoms with Gasteiger partial charge in [0, 0.05) is 50.0 Å². The molecule has 3 heterocycles. The molecule has 1 N–H and O–H groups in total. The molecule has 134 valence electrons. The van der Waals surface area contributed by atoms with Crippen molar-refractivity contribution in [2.45, 2.75) is 6.42 Å². The summed E-state index contributed by atoms with van der Waals surface area (Å²) in [6, 6.07) is 7.72. The number of nitrogens with one attached hydrogen (secondary N) is 1. The zero-order valence-electron chi connectivity index (χ0n) is 14.4. The van der Waals surface area contributed by atoms with Gasteiger partial charge in [-0.25, -0.2) is 4.98 Å². The van der Waals surface area contributed by atoms with E-state index >= 15 is 0 Å². The number of carbonyl (C=O) groups is 1. The maximum Gasteiger partial charge on any atom is 0.244 e. The number of carbonyl (C=O) groups excluding carboxylic acids is 1. The van der Waals surface area contributed by atoms with Gasteiger partial charge in [0.15, 0.2) is 0 Å². The van der Waals surface area contributed by atoms with E-state index in [1.807, 2.05) is 24.3 Å². The summed E-state index contributed by atoms with van der Waals surface area (Å²) in [6.45, 7) is 2.88. The van der Waals surface area contributed by atoms with E-state index in [0.717, 1.165) is 55.1 Å². The average molecular weight is 369 g/mol. The fourth-order valence-electron chi connectivity index (χ4n) is 3.94. The summed E-state index contributed by atoms with van der Waals surface area (Å²) in [5.41, 5.74) is 2.08. The van der Waals surface area contributed by atoms with Crippen molar-refractivity contribution in [1.82, 2.24) is 15.3 Å². The van der Waals surface area contributed by atoms with Crippen LogP contribution >= 0.6 is 11.6 Å². The zero-order valence-corrected chi connectivity index (χ0v) is 15.1. The van der Waals surface area contributed by atoms with Gasteiger partial charge in [0.2, 0.25) is 5.91 Å². The zero-order chi connectivity index (χ0) is 17.9. The summed E-state index contributed by atoms with van der Waals surface area (Å²) in [5.74, 6) is 2.16. The molecule has 0 radical (unpaired) electrons. The van der Waals surface area contributed by atoms with Crippen LogP contribution in [0.4, 0.5) is 5.69 Å². The lowest BCUT2D eigenvalue weighted by atomic mass is 10.2. The quantitative estimate of drug-likeness (QED) is 0.629. The molecular formula is C20H21ClN4O. The van der Waals surface area contributed by atoms with Crippen molar-refractivity contribution in [1.29, 1.82) is 0 Å². The highest BCUT2D eigenvalue weighted by Crippen LogP contribution is 2.54. The van der Waals surface area contributed by atoms with Crippen molar-refractivity contribution in [3.05, 3.63) is 59.6 Å². The van der Waals surface area contributed by atoms with Gasteiger partial charge in [-0.05, 0) is 54.0 Å².